The Labute approximate surface area is 110 Å². The van der Waals surface area contributed by atoms with Crippen molar-refractivity contribution in [2.24, 2.45) is 7.05 Å². The molecule has 18 heavy (non-hydrogen) atoms. The average Bonchev–Trinajstić information content (AvgIpc) is 2.65. The number of aryl methyl sites for hydroxylation is 1. The number of nitrogen functional groups attached to an aromatic ring is 1. The smallest absolute Gasteiger partial charge is 0.170 e. The zero-order valence-corrected chi connectivity index (χ0v) is 11.3. The molecule has 0 saturated heterocycles. The second kappa shape index (κ2) is 4.56. The fraction of sp³-hybridized carbons (Fsp3) is 0.182. The van der Waals surface area contributed by atoms with Crippen LogP contribution in [0.15, 0.2) is 16.7 Å². The first-order chi connectivity index (χ1) is 8.47. The molecule has 4 nitrogen and oxygen atoms in total. The lowest BCUT2D eigenvalue weighted by Crippen LogP contribution is -2.01. The van der Waals surface area contributed by atoms with Crippen molar-refractivity contribution in [3.05, 3.63) is 28.4 Å². The minimum absolute atomic E-state index is 0.0463. The highest BCUT2D eigenvalue weighted by Crippen LogP contribution is 2.41. The number of rotatable bonds is 2. The molecule has 1 aromatic carbocycles. The molecule has 0 radical (unpaired) electrons. The first-order valence-electron chi connectivity index (χ1n) is 4.96. The van der Waals surface area contributed by atoms with E-state index >= 15 is 0 Å². The Kier molecular flexibility index (Phi) is 3.25. The highest BCUT2D eigenvalue weighted by Gasteiger charge is 2.23. The van der Waals surface area contributed by atoms with Gasteiger partial charge in [0.2, 0.25) is 0 Å². The number of methoxy groups -OCH3 is 1. The number of benzene rings is 1. The molecule has 0 atom stereocenters. The van der Waals surface area contributed by atoms with Gasteiger partial charge in [0.25, 0.3) is 0 Å². The van der Waals surface area contributed by atoms with E-state index in [1.165, 1.54) is 18.0 Å². The number of aromatic nitrogens is 2. The predicted octanol–water partition coefficient (Wildman–Crippen LogP) is 2.72. The zero-order chi connectivity index (χ0) is 13.4. The minimum Gasteiger partial charge on any atom is -0.495 e. The summed E-state index contributed by atoms with van der Waals surface area (Å²) in [6.45, 7) is 0. The normalized spacial score (nSPS) is 10.7. The fourth-order valence-electron chi connectivity index (χ4n) is 1.66. The van der Waals surface area contributed by atoms with Gasteiger partial charge in [-0.1, -0.05) is 0 Å². The van der Waals surface area contributed by atoms with Gasteiger partial charge in [0, 0.05) is 7.05 Å². The molecule has 0 saturated carbocycles. The summed E-state index contributed by atoms with van der Waals surface area (Å²) in [6.07, 6.45) is 1.36. The Bertz CT molecular complexity index is 613. The van der Waals surface area contributed by atoms with Crippen LogP contribution in [-0.4, -0.2) is 16.9 Å². The van der Waals surface area contributed by atoms with Crippen molar-refractivity contribution in [2.75, 3.05) is 12.8 Å². The number of ether oxygens (including phenoxy) is 1. The Balaban J connectivity index is 2.81. The van der Waals surface area contributed by atoms with Crippen molar-refractivity contribution in [3.63, 3.8) is 0 Å². The highest BCUT2D eigenvalue weighted by molar-refractivity contribution is 9.10. The maximum atomic E-state index is 13.9. The van der Waals surface area contributed by atoms with Gasteiger partial charge in [-0.2, -0.15) is 5.10 Å². The summed E-state index contributed by atoms with van der Waals surface area (Å²) in [5.74, 6) is -1.60. The first-order valence-corrected chi connectivity index (χ1v) is 5.76. The Hall–Kier alpha value is -1.63. The molecule has 0 aliphatic heterocycles. The summed E-state index contributed by atoms with van der Waals surface area (Å²) in [5.41, 5.74) is 6.01. The van der Waals surface area contributed by atoms with Gasteiger partial charge in [0.1, 0.15) is 11.6 Å². The third-order valence-corrected chi connectivity index (χ3v) is 3.17. The number of hydrogen-bond acceptors (Lipinski definition) is 3. The van der Waals surface area contributed by atoms with Crippen molar-refractivity contribution in [1.82, 2.24) is 9.78 Å². The van der Waals surface area contributed by atoms with Crippen LogP contribution in [0.4, 0.5) is 14.6 Å². The van der Waals surface area contributed by atoms with E-state index in [9.17, 15) is 8.78 Å². The lowest BCUT2D eigenvalue weighted by molar-refractivity contribution is 0.406. The molecule has 0 aliphatic carbocycles. The fourth-order valence-corrected chi connectivity index (χ4v) is 2.22. The van der Waals surface area contributed by atoms with Crippen LogP contribution >= 0.6 is 15.9 Å². The van der Waals surface area contributed by atoms with E-state index < -0.39 is 11.6 Å². The molecule has 0 bridgehead atoms. The molecule has 0 unspecified atom stereocenters. The lowest BCUT2D eigenvalue weighted by atomic mass is 10.1. The Morgan fingerprint density at radius 2 is 2.11 bits per heavy atom. The van der Waals surface area contributed by atoms with E-state index in [1.54, 1.807) is 7.05 Å². The van der Waals surface area contributed by atoms with Crippen LogP contribution in [0.25, 0.3) is 11.1 Å². The first kappa shape index (κ1) is 12.8. The molecule has 7 heteroatoms. The van der Waals surface area contributed by atoms with Crippen molar-refractivity contribution in [3.8, 4) is 16.9 Å². The third-order valence-electron chi connectivity index (χ3n) is 2.58. The van der Waals surface area contributed by atoms with E-state index in [0.29, 0.717) is 4.47 Å². The molecule has 0 amide bonds. The number of halogens is 3. The lowest BCUT2D eigenvalue weighted by Gasteiger charge is -2.11. The largest absolute Gasteiger partial charge is 0.495 e. The summed E-state index contributed by atoms with van der Waals surface area (Å²) < 4.78 is 34.1. The van der Waals surface area contributed by atoms with Crippen LogP contribution in [0.3, 0.4) is 0 Å². The molecule has 2 N–H and O–H groups in total. The Morgan fingerprint density at radius 3 is 2.61 bits per heavy atom. The van der Waals surface area contributed by atoms with Gasteiger partial charge in [-0.25, -0.2) is 8.78 Å². The standard InChI is InChI=1S/C11H10BrF2N3O/c1-17-11(15)5(4-16-17)8-9(14)7(13)3-6(12)10(8)18-2/h3-4H,15H2,1-2H3. The number of hydrogen-bond donors (Lipinski definition) is 1. The van der Waals surface area contributed by atoms with Crippen LogP contribution in [-0.2, 0) is 7.05 Å². The van der Waals surface area contributed by atoms with Crippen LogP contribution < -0.4 is 10.5 Å². The third kappa shape index (κ3) is 1.84. The number of nitrogens with zero attached hydrogens (tertiary/aromatic N) is 2. The van der Waals surface area contributed by atoms with Crippen molar-refractivity contribution in [2.45, 2.75) is 0 Å². The molecule has 1 aromatic heterocycles. The van der Waals surface area contributed by atoms with E-state index in [1.807, 2.05) is 0 Å². The van der Waals surface area contributed by atoms with Gasteiger partial charge in [-0.15, -0.1) is 0 Å². The predicted molar refractivity (Wildman–Crippen MR) is 67.2 cm³/mol. The molecular weight excluding hydrogens is 308 g/mol. The number of anilines is 1. The van der Waals surface area contributed by atoms with Gasteiger partial charge in [0.05, 0.1) is 28.9 Å². The SMILES string of the molecule is COc1c(Br)cc(F)c(F)c1-c1cnn(C)c1N. The van der Waals surface area contributed by atoms with Gasteiger partial charge < -0.3 is 10.5 Å². The second-order valence-electron chi connectivity index (χ2n) is 3.63. The molecule has 2 aromatic rings. The highest BCUT2D eigenvalue weighted by atomic mass is 79.9. The summed E-state index contributed by atoms with van der Waals surface area (Å²) in [4.78, 5) is 0. The molecule has 2 rings (SSSR count). The molecule has 96 valence electrons. The average molecular weight is 318 g/mol. The quantitative estimate of drug-likeness (QED) is 0.866. The Morgan fingerprint density at radius 1 is 1.44 bits per heavy atom. The van der Waals surface area contributed by atoms with Crippen molar-refractivity contribution in [1.29, 1.82) is 0 Å². The summed E-state index contributed by atoms with van der Waals surface area (Å²) in [5, 5.41) is 3.90. The van der Waals surface area contributed by atoms with E-state index in [-0.39, 0.29) is 22.7 Å². The molecule has 0 spiro atoms. The van der Waals surface area contributed by atoms with Crippen LogP contribution in [0.5, 0.6) is 5.75 Å². The van der Waals surface area contributed by atoms with Gasteiger partial charge in [-0.05, 0) is 22.0 Å². The van der Waals surface area contributed by atoms with Gasteiger partial charge in [-0.3, -0.25) is 4.68 Å². The second-order valence-corrected chi connectivity index (χ2v) is 4.48. The number of nitrogens with two attached hydrogens (primary N) is 1. The summed E-state index contributed by atoms with van der Waals surface area (Å²) >= 11 is 3.12. The van der Waals surface area contributed by atoms with Crippen molar-refractivity contribution >= 4 is 21.7 Å². The van der Waals surface area contributed by atoms with Crippen LogP contribution in [0.2, 0.25) is 0 Å². The van der Waals surface area contributed by atoms with E-state index in [2.05, 4.69) is 21.0 Å². The minimum atomic E-state index is -1.02. The maximum absolute atomic E-state index is 13.9. The van der Waals surface area contributed by atoms with Gasteiger partial charge in [0.15, 0.2) is 11.6 Å². The molecular formula is C11H10BrF2N3O. The van der Waals surface area contributed by atoms with Crippen molar-refractivity contribution < 1.29 is 13.5 Å². The maximum Gasteiger partial charge on any atom is 0.170 e. The topological polar surface area (TPSA) is 53.1 Å². The molecule has 0 fully saturated rings. The van der Waals surface area contributed by atoms with Crippen LogP contribution in [0, 0.1) is 11.6 Å². The van der Waals surface area contributed by atoms with Gasteiger partial charge >= 0.3 is 0 Å². The molecule has 0 aliphatic rings. The monoisotopic (exact) mass is 317 g/mol. The van der Waals surface area contributed by atoms with E-state index in [0.717, 1.165) is 6.07 Å². The molecule has 1 heterocycles. The summed E-state index contributed by atoms with van der Waals surface area (Å²) in [6, 6.07) is 1.00. The summed E-state index contributed by atoms with van der Waals surface area (Å²) in [7, 11) is 2.98. The zero-order valence-electron chi connectivity index (χ0n) is 9.67. The van der Waals surface area contributed by atoms with E-state index in [4.69, 9.17) is 10.5 Å². The van der Waals surface area contributed by atoms with Crippen LogP contribution in [0.1, 0.15) is 0 Å².